The van der Waals surface area contributed by atoms with E-state index in [0.717, 1.165) is 37.8 Å². The first kappa shape index (κ1) is 18.7. The zero-order chi connectivity index (χ0) is 19.3. The summed E-state index contributed by atoms with van der Waals surface area (Å²) in [7, 11) is 0. The molecule has 1 amide bonds. The third kappa shape index (κ3) is 4.09. The Morgan fingerprint density at radius 3 is 2.75 bits per heavy atom. The van der Waals surface area contributed by atoms with Gasteiger partial charge < -0.3 is 9.42 Å². The molecule has 1 aliphatic heterocycles. The number of likely N-dealkylation sites (tertiary alicyclic amines) is 1. The van der Waals surface area contributed by atoms with Crippen LogP contribution in [0, 0.1) is 0 Å². The zero-order valence-corrected chi connectivity index (χ0v) is 16.3. The number of nitrogens with zero attached hydrogens (tertiary/aromatic N) is 3. The van der Waals surface area contributed by atoms with Crippen LogP contribution < -0.4 is 0 Å². The molecule has 6 heteroatoms. The van der Waals surface area contributed by atoms with Crippen molar-refractivity contribution in [1.82, 2.24) is 15.0 Å². The third-order valence-corrected chi connectivity index (χ3v) is 5.44. The van der Waals surface area contributed by atoms with E-state index in [1.165, 1.54) is 5.56 Å². The topological polar surface area (TPSA) is 59.2 Å². The van der Waals surface area contributed by atoms with E-state index in [4.69, 9.17) is 16.1 Å². The van der Waals surface area contributed by atoms with Gasteiger partial charge in [-0.3, -0.25) is 4.79 Å². The minimum Gasteiger partial charge on any atom is -0.337 e. The van der Waals surface area contributed by atoms with E-state index >= 15 is 0 Å². The molecule has 1 atom stereocenters. The Morgan fingerprint density at radius 2 is 1.93 bits per heavy atom. The molecule has 144 valence electrons. The van der Waals surface area contributed by atoms with Gasteiger partial charge in [0.2, 0.25) is 17.6 Å². The van der Waals surface area contributed by atoms with Gasteiger partial charge in [0.25, 0.3) is 0 Å². The quantitative estimate of drug-likeness (QED) is 0.584. The van der Waals surface area contributed by atoms with E-state index in [0.29, 0.717) is 23.2 Å². The van der Waals surface area contributed by atoms with Gasteiger partial charge >= 0.3 is 0 Å². The molecule has 2 heterocycles. The average Bonchev–Trinajstić information content (AvgIpc) is 3.38. The fraction of sp³-hybridized carbons (Fsp3) is 0.318. The molecule has 0 radical (unpaired) electrons. The minimum atomic E-state index is -0.145. The Hall–Kier alpha value is -2.66. The molecule has 0 saturated carbocycles. The molecule has 0 aliphatic carbocycles. The molecular weight excluding hydrogens is 374 g/mol. The second-order valence-corrected chi connectivity index (χ2v) is 7.43. The lowest BCUT2D eigenvalue weighted by Gasteiger charge is -2.21. The molecule has 0 spiro atoms. The van der Waals surface area contributed by atoms with Crippen molar-refractivity contribution in [2.24, 2.45) is 0 Å². The van der Waals surface area contributed by atoms with Crippen molar-refractivity contribution in [3.8, 4) is 11.4 Å². The Morgan fingerprint density at radius 1 is 1.14 bits per heavy atom. The van der Waals surface area contributed by atoms with Gasteiger partial charge in [-0.25, -0.2) is 0 Å². The molecule has 0 N–H and O–H groups in total. The number of carbonyl (C=O) groups is 1. The molecule has 28 heavy (non-hydrogen) atoms. The highest BCUT2D eigenvalue weighted by molar-refractivity contribution is 6.33. The number of aryl methyl sites for hydroxylation is 1. The summed E-state index contributed by atoms with van der Waals surface area (Å²) in [5.41, 5.74) is 1.99. The van der Waals surface area contributed by atoms with Crippen LogP contribution in [-0.2, 0) is 11.2 Å². The predicted octanol–water partition coefficient (Wildman–Crippen LogP) is 5.08. The number of rotatable bonds is 6. The molecule has 0 unspecified atom stereocenters. The van der Waals surface area contributed by atoms with E-state index in [-0.39, 0.29) is 11.9 Å². The van der Waals surface area contributed by atoms with Crippen LogP contribution in [0.3, 0.4) is 0 Å². The van der Waals surface area contributed by atoms with Crippen molar-refractivity contribution in [1.29, 1.82) is 0 Å². The first-order chi connectivity index (χ1) is 13.7. The fourth-order valence-corrected chi connectivity index (χ4v) is 3.90. The van der Waals surface area contributed by atoms with Crippen molar-refractivity contribution in [2.75, 3.05) is 6.54 Å². The molecule has 1 fully saturated rings. The smallest absolute Gasteiger partial charge is 0.249 e. The average molecular weight is 396 g/mol. The Labute approximate surface area is 169 Å². The number of halogens is 1. The van der Waals surface area contributed by atoms with Gasteiger partial charge in [0.1, 0.15) is 6.04 Å². The molecular formula is C22H22ClN3O2. The van der Waals surface area contributed by atoms with Crippen molar-refractivity contribution in [3.05, 3.63) is 71.1 Å². The van der Waals surface area contributed by atoms with E-state index in [2.05, 4.69) is 22.3 Å². The van der Waals surface area contributed by atoms with Gasteiger partial charge in [0, 0.05) is 18.5 Å². The summed E-state index contributed by atoms with van der Waals surface area (Å²) < 4.78 is 5.50. The van der Waals surface area contributed by atoms with E-state index in [9.17, 15) is 4.79 Å². The monoisotopic (exact) mass is 395 g/mol. The molecule has 2 aromatic carbocycles. The lowest BCUT2D eigenvalue weighted by atomic mass is 10.1. The lowest BCUT2D eigenvalue weighted by molar-refractivity contribution is -0.132. The van der Waals surface area contributed by atoms with Gasteiger partial charge in [-0.1, -0.05) is 59.2 Å². The maximum atomic E-state index is 12.8. The molecule has 5 nitrogen and oxygen atoms in total. The van der Waals surface area contributed by atoms with Crippen LogP contribution >= 0.6 is 11.6 Å². The summed E-state index contributed by atoms with van der Waals surface area (Å²) >= 11 is 6.23. The Balaban J connectivity index is 1.41. The van der Waals surface area contributed by atoms with Crippen molar-refractivity contribution in [3.63, 3.8) is 0 Å². The van der Waals surface area contributed by atoms with Crippen molar-refractivity contribution in [2.45, 2.75) is 38.1 Å². The van der Waals surface area contributed by atoms with Crippen LogP contribution in [0.4, 0.5) is 0 Å². The fourth-order valence-electron chi connectivity index (χ4n) is 3.68. The Kier molecular flexibility index (Phi) is 5.72. The summed E-state index contributed by atoms with van der Waals surface area (Å²) in [6, 6.07) is 17.5. The van der Waals surface area contributed by atoms with Crippen LogP contribution in [-0.4, -0.2) is 27.5 Å². The SMILES string of the molecule is O=C(CCCc1ccccc1)N1CCC[C@H]1c1nc(-c2ccccc2Cl)no1. The van der Waals surface area contributed by atoms with Crippen LogP contribution in [0.2, 0.25) is 5.02 Å². The van der Waals surface area contributed by atoms with Gasteiger partial charge in [-0.2, -0.15) is 4.98 Å². The standard InChI is InChI=1S/C22H22ClN3O2/c23-18-12-5-4-11-17(18)21-24-22(28-25-21)19-13-7-15-26(19)20(27)14-6-10-16-8-2-1-3-9-16/h1-5,8-9,11-12,19H,6-7,10,13-15H2/t19-/m0/s1. The molecule has 4 rings (SSSR count). The number of benzene rings is 2. The van der Waals surface area contributed by atoms with Crippen LogP contribution in [0.15, 0.2) is 59.1 Å². The van der Waals surface area contributed by atoms with Crippen molar-refractivity contribution < 1.29 is 9.32 Å². The van der Waals surface area contributed by atoms with Gasteiger partial charge in [0.05, 0.1) is 5.02 Å². The number of hydrogen-bond donors (Lipinski definition) is 0. The summed E-state index contributed by atoms with van der Waals surface area (Å²) in [6.45, 7) is 0.735. The zero-order valence-electron chi connectivity index (χ0n) is 15.6. The van der Waals surface area contributed by atoms with Gasteiger partial charge in [-0.05, 0) is 43.4 Å². The molecule has 1 saturated heterocycles. The third-order valence-electron chi connectivity index (χ3n) is 5.11. The summed E-state index contributed by atoms with van der Waals surface area (Å²) in [6.07, 6.45) is 4.05. The van der Waals surface area contributed by atoms with E-state index in [1.54, 1.807) is 6.07 Å². The summed E-state index contributed by atoms with van der Waals surface area (Å²) in [5, 5.41) is 4.66. The highest BCUT2D eigenvalue weighted by atomic mass is 35.5. The molecule has 1 aromatic heterocycles. The molecule has 1 aliphatic rings. The Bertz CT molecular complexity index is 942. The first-order valence-electron chi connectivity index (χ1n) is 9.64. The van der Waals surface area contributed by atoms with Crippen LogP contribution in [0.25, 0.3) is 11.4 Å². The van der Waals surface area contributed by atoms with Crippen molar-refractivity contribution >= 4 is 17.5 Å². The molecule has 3 aromatic rings. The number of hydrogen-bond acceptors (Lipinski definition) is 4. The highest BCUT2D eigenvalue weighted by Gasteiger charge is 2.33. The second kappa shape index (κ2) is 8.57. The first-order valence-corrected chi connectivity index (χ1v) is 10.0. The summed E-state index contributed by atoms with van der Waals surface area (Å²) in [5.74, 6) is 1.10. The van der Waals surface area contributed by atoms with Crippen LogP contribution in [0.1, 0.15) is 43.2 Å². The maximum Gasteiger partial charge on any atom is 0.249 e. The number of aromatic nitrogens is 2. The molecule has 0 bridgehead atoms. The van der Waals surface area contributed by atoms with Gasteiger partial charge in [-0.15, -0.1) is 0 Å². The largest absolute Gasteiger partial charge is 0.337 e. The highest BCUT2D eigenvalue weighted by Crippen LogP contribution is 2.33. The normalized spacial score (nSPS) is 16.5. The van der Waals surface area contributed by atoms with Crippen LogP contribution in [0.5, 0.6) is 0 Å². The number of amides is 1. The minimum absolute atomic E-state index is 0.145. The number of carbonyl (C=O) groups excluding carboxylic acids is 1. The van der Waals surface area contributed by atoms with E-state index < -0.39 is 0 Å². The summed E-state index contributed by atoms with van der Waals surface area (Å²) in [4.78, 5) is 19.2. The maximum absolute atomic E-state index is 12.8. The lowest BCUT2D eigenvalue weighted by Crippen LogP contribution is -2.30. The second-order valence-electron chi connectivity index (χ2n) is 7.02. The predicted molar refractivity (Wildman–Crippen MR) is 108 cm³/mol. The van der Waals surface area contributed by atoms with E-state index in [1.807, 2.05) is 41.3 Å². The van der Waals surface area contributed by atoms with Gasteiger partial charge in [0.15, 0.2) is 0 Å².